The van der Waals surface area contributed by atoms with E-state index in [0.717, 1.165) is 18.3 Å². The molecule has 2 aromatic rings. The molecule has 0 spiro atoms. The van der Waals surface area contributed by atoms with Gasteiger partial charge in [0.25, 0.3) is 0 Å². The summed E-state index contributed by atoms with van der Waals surface area (Å²) in [6.45, 7) is 6.08. The minimum atomic E-state index is -1.34. The number of carbonyl (C=O) groups excluding carboxylic acids is 2. The molecule has 0 saturated carbocycles. The lowest BCUT2D eigenvalue weighted by Crippen LogP contribution is -2.42. The number of likely N-dealkylation sites (tertiary alicyclic amines) is 1. The van der Waals surface area contributed by atoms with Crippen molar-refractivity contribution in [3.63, 3.8) is 0 Å². The summed E-state index contributed by atoms with van der Waals surface area (Å²) in [7, 11) is 1.24. The average molecular weight is 447 g/mol. The van der Waals surface area contributed by atoms with Crippen LogP contribution in [-0.4, -0.2) is 53.0 Å². The zero-order valence-electron chi connectivity index (χ0n) is 17.7. The molecule has 9 nitrogen and oxygen atoms in total. The fourth-order valence-corrected chi connectivity index (χ4v) is 3.29. The van der Waals surface area contributed by atoms with Gasteiger partial charge in [0.05, 0.1) is 18.4 Å². The number of nitrogens with one attached hydrogen (secondary N) is 1. The predicted molar refractivity (Wildman–Crippen MR) is 112 cm³/mol. The monoisotopic (exact) mass is 447 g/mol. The summed E-state index contributed by atoms with van der Waals surface area (Å²) in [5, 5.41) is 3.10. The van der Waals surface area contributed by atoms with Crippen LogP contribution in [-0.2, 0) is 4.74 Å². The standard InChI is InChI=1S/C21H23F2N5O4/c1-11(2)32-21(30)28-8-6-12(7-9-28)26-20-25-10-13(19(24)27-20)18(29)16-15(31-3)5-4-14(22)17(16)23/h4-5,10,12H,1,6-9H2,2-3H3,(H3,24,25,26,27). The SMILES string of the molecule is C=C(C)OC(=O)N1CCC(Nc2ncc(C(=O)c3c(OC)ccc(F)c3F)c(N)n2)CC1. The number of allylic oxidation sites excluding steroid dienone is 1. The Hall–Kier alpha value is -3.76. The molecule has 1 fully saturated rings. The second-order valence-corrected chi connectivity index (χ2v) is 7.24. The number of nitrogen functional groups attached to an aromatic ring is 1. The Morgan fingerprint density at radius 2 is 1.97 bits per heavy atom. The summed E-state index contributed by atoms with van der Waals surface area (Å²) in [4.78, 5) is 34.4. The minimum absolute atomic E-state index is 0.0365. The largest absolute Gasteiger partial charge is 0.496 e. The molecule has 32 heavy (non-hydrogen) atoms. The Morgan fingerprint density at radius 3 is 2.56 bits per heavy atom. The molecule has 1 amide bonds. The smallest absolute Gasteiger partial charge is 0.414 e. The Balaban J connectivity index is 1.69. The van der Waals surface area contributed by atoms with Crippen molar-refractivity contribution in [2.45, 2.75) is 25.8 Å². The Labute approximate surface area is 183 Å². The number of piperidine rings is 1. The molecule has 1 aromatic heterocycles. The number of methoxy groups -OCH3 is 1. The number of benzene rings is 1. The summed E-state index contributed by atoms with van der Waals surface area (Å²) in [5.41, 5.74) is 5.14. The van der Waals surface area contributed by atoms with E-state index in [0.29, 0.717) is 31.7 Å². The Bertz CT molecular complexity index is 1050. The molecule has 1 aliphatic heterocycles. The van der Waals surface area contributed by atoms with Crippen LogP contribution in [0.1, 0.15) is 35.7 Å². The number of halogens is 2. The first-order valence-corrected chi connectivity index (χ1v) is 9.79. The topological polar surface area (TPSA) is 120 Å². The first-order valence-electron chi connectivity index (χ1n) is 9.79. The van der Waals surface area contributed by atoms with E-state index in [1.807, 2.05) is 0 Å². The van der Waals surface area contributed by atoms with Gasteiger partial charge >= 0.3 is 6.09 Å². The molecular formula is C21H23F2N5O4. The fourth-order valence-electron chi connectivity index (χ4n) is 3.29. The van der Waals surface area contributed by atoms with Crippen LogP contribution in [0.3, 0.4) is 0 Å². The predicted octanol–water partition coefficient (Wildman–Crippen LogP) is 3.12. The normalized spacial score (nSPS) is 14.1. The van der Waals surface area contributed by atoms with Gasteiger partial charge in [0.1, 0.15) is 17.1 Å². The zero-order valence-corrected chi connectivity index (χ0v) is 17.7. The number of nitrogens with zero attached hydrogens (tertiary/aromatic N) is 3. The van der Waals surface area contributed by atoms with Crippen LogP contribution in [0.25, 0.3) is 0 Å². The van der Waals surface area contributed by atoms with E-state index in [1.165, 1.54) is 7.11 Å². The van der Waals surface area contributed by atoms with Gasteiger partial charge in [-0.2, -0.15) is 4.98 Å². The van der Waals surface area contributed by atoms with Gasteiger partial charge in [-0.25, -0.2) is 18.6 Å². The molecule has 170 valence electrons. The summed E-state index contributed by atoms with van der Waals surface area (Å²) in [6, 6.07) is 1.98. The van der Waals surface area contributed by atoms with Crippen LogP contribution in [0.4, 0.5) is 25.3 Å². The highest BCUT2D eigenvalue weighted by molar-refractivity contribution is 6.13. The van der Waals surface area contributed by atoms with Crippen molar-refractivity contribution in [1.29, 1.82) is 0 Å². The zero-order chi connectivity index (χ0) is 23.4. The first kappa shape index (κ1) is 22.9. The van der Waals surface area contributed by atoms with Crippen molar-refractivity contribution in [1.82, 2.24) is 14.9 Å². The van der Waals surface area contributed by atoms with Crippen molar-refractivity contribution in [3.05, 3.63) is 53.4 Å². The van der Waals surface area contributed by atoms with Gasteiger partial charge in [-0.1, -0.05) is 6.58 Å². The van der Waals surface area contributed by atoms with Gasteiger partial charge in [-0.15, -0.1) is 0 Å². The molecule has 0 aliphatic carbocycles. The highest BCUT2D eigenvalue weighted by Gasteiger charge is 2.27. The fraction of sp³-hybridized carbons (Fsp3) is 0.333. The van der Waals surface area contributed by atoms with Gasteiger partial charge in [-0.05, 0) is 31.9 Å². The van der Waals surface area contributed by atoms with Crippen LogP contribution < -0.4 is 15.8 Å². The Kier molecular flexibility index (Phi) is 6.86. The van der Waals surface area contributed by atoms with Gasteiger partial charge < -0.3 is 25.4 Å². The third kappa shape index (κ3) is 4.93. The van der Waals surface area contributed by atoms with Crippen molar-refractivity contribution in [2.24, 2.45) is 0 Å². The van der Waals surface area contributed by atoms with Crippen LogP contribution in [0, 0.1) is 11.6 Å². The quantitative estimate of drug-likeness (QED) is 0.512. The van der Waals surface area contributed by atoms with E-state index in [2.05, 4.69) is 21.9 Å². The molecule has 1 aromatic carbocycles. The number of ether oxygens (including phenoxy) is 2. The number of ketones is 1. The molecular weight excluding hydrogens is 424 g/mol. The number of anilines is 2. The minimum Gasteiger partial charge on any atom is -0.496 e. The molecule has 0 bridgehead atoms. The van der Waals surface area contributed by atoms with E-state index >= 15 is 0 Å². The molecule has 11 heteroatoms. The summed E-state index contributed by atoms with van der Waals surface area (Å²) < 4.78 is 37.9. The van der Waals surface area contributed by atoms with Gasteiger partial charge in [0, 0.05) is 25.3 Å². The lowest BCUT2D eigenvalue weighted by Gasteiger charge is -2.31. The molecule has 1 saturated heterocycles. The summed E-state index contributed by atoms with van der Waals surface area (Å²) >= 11 is 0. The molecule has 1 aliphatic rings. The van der Waals surface area contributed by atoms with Gasteiger partial charge in [0.15, 0.2) is 11.6 Å². The number of aromatic nitrogens is 2. The van der Waals surface area contributed by atoms with E-state index in [9.17, 15) is 18.4 Å². The lowest BCUT2D eigenvalue weighted by atomic mass is 10.0. The summed E-state index contributed by atoms with van der Waals surface area (Å²) in [5.74, 6) is -3.25. The van der Waals surface area contributed by atoms with Crippen LogP contribution in [0.2, 0.25) is 0 Å². The van der Waals surface area contributed by atoms with Crippen molar-refractivity contribution in [2.75, 3.05) is 31.2 Å². The maximum Gasteiger partial charge on any atom is 0.414 e. The third-order valence-electron chi connectivity index (χ3n) is 4.91. The number of hydrogen-bond acceptors (Lipinski definition) is 8. The van der Waals surface area contributed by atoms with Gasteiger partial charge in [0.2, 0.25) is 11.7 Å². The van der Waals surface area contributed by atoms with E-state index < -0.39 is 29.1 Å². The maximum atomic E-state index is 14.3. The highest BCUT2D eigenvalue weighted by Crippen LogP contribution is 2.28. The number of hydrogen-bond donors (Lipinski definition) is 2. The van der Waals surface area contributed by atoms with Crippen LogP contribution in [0.5, 0.6) is 5.75 Å². The summed E-state index contributed by atoms with van der Waals surface area (Å²) in [6.07, 6.45) is 1.93. The molecule has 2 heterocycles. The second kappa shape index (κ2) is 9.58. The molecule has 0 radical (unpaired) electrons. The number of amides is 1. The van der Waals surface area contributed by atoms with E-state index in [4.69, 9.17) is 15.2 Å². The molecule has 3 N–H and O–H groups in total. The van der Waals surface area contributed by atoms with Crippen molar-refractivity contribution < 1.29 is 27.8 Å². The molecule has 3 rings (SSSR count). The van der Waals surface area contributed by atoms with Crippen LogP contribution >= 0.6 is 0 Å². The second-order valence-electron chi connectivity index (χ2n) is 7.24. The van der Waals surface area contributed by atoms with E-state index in [-0.39, 0.29) is 29.1 Å². The number of carbonyl (C=O) groups is 2. The van der Waals surface area contributed by atoms with Crippen molar-refractivity contribution >= 4 is 23.6 Å². The van der Waals surface area contributed by atoms with Crippen LogP contribution in [0.15, 0.2) is 30.7 Å². The number of rotatable bonds is 6. The Morgan fingerprint density at radius 1 is 1.28 bits per heavy atom. The molecule has 0 atom stereocenters. The third-order valence-corrected chi connectivity index (χ3v) is 4.91. The highest BCUT2D eigenvalue weighted by atomic mass is 19.2. The first-order chi connectivity index (χ1) is 15.2. The average Bonchev–Trinajstić information content (AvgIpc) is 2.75. The lowest BCUT2D eigenvalue weighted by molar-refractivity contribution is 0.103. The maximum absolute atomic E-state index is 14.3. The van der Waals surface area contributed by atoms with Crippen molar-refractivity contribution in [3.8, 4) is 5.75 Å². The van der Waals surface area contributed by atoms with E-state index in [1.54, 1.807) is 11.8 Å². The van der Waals surface area contributed by atoms with Gasteiger partial charge in [-0.3, -0.25) is 4.79 Å². The molecule has 0 unspecified atom stereocenters. The number of nitrogens with two attached hydrogens (primary N) is 1.